The van der Waals surface area contributed by atoms with E-state index in [2.05, 4.69) is 26.8 Å². The van der Waals surface area contributed by atoms with Gasteiger partial charge in [-0.2, -0.15) is 0 Å². The van der Waals surface area contributed by atoms with Gasteiger partial charge in [-0.15, -0.1) is 0 Å². The van der Waals surface area contributed by atoms with Crippen molar-refractivity contribution in [2.24, 2.45) is 0 Å². The van der Waals surface area contributed by atoms with E-state index in [0.29, 0.717) is 13.0 Å². The molecule has 0 bridgehead atoms. The van der Waals surface area contributed by atoms with Gasteiger partial charge in [-0.05, 0) is 37.5 Å². The van der Waals surface area contributed by atoms with Crippen LogP contribution >= 0.6 is 15.9 Å². The molecule has 104 valence electrons. The summed E-state index contributed by atoms with van der Waals surface area (Å²) in [6, 6.07) is 8.04. The topological polar surface area (TPSA) is 50.4 Å². The van der Waals surface area contributed by atoms with Gasteiger partial charge >= 0.3 is 5.97 Å². The second kappa shape index (κ2) is 6.50. The fraction of sp³-hybridized carbons (Fsp3) is 0.500. The Labute approximate surface area is 122 Å². The van der Waals surface area contributed by atoms with Crippen LogP contribution in [0.1, 0.15) is 25.3 Å². The van der Waals surface area contributed by atoms with Crippen LogP contribution in [0.4, 0.5) is 0 Å². The molecule has 1 unspecified atom stereocenters. The number of esters is 1. The highest BCUT2D eigenvalue weighted by Gasteiger charge is 2.41. The third-order valence-corrected chi connectivity index (χ3v) is 3.85. The first-order valence-corrected chi connectivity index (χ1v) is 7.37. The van der Waals surface area contributed by atoms with Crippen LogP contribution in [-0.2, 0) is 16.0 Å². The summed E-state index contributed by atoms with van der Waals surface area (Å²) in [4.78, 5) is 12.3. The minimum absolute atomic E-state index is 0.176. The predicted octanol–water partition coefficient (Wildman–Crippen LogP) is 2.18. The molecule has 1 aromatic carbocycles. The zero-order valence-electron chi connectivity index (χ0n) is 11.0. The van der Waals surface area contributed by atoms with Crippen molar-refractivity contribution in [2.45, 2.75) is 31.7 Å². The van der Waals surface area contributed by atoms with Gasteiger partial charge in [0.1, 0.15) is 5.54 Å². The summed E-state index contributed by atoms with van der Waals surface area (Å²) in [5, 5.41) is 0. The summed E-state index contributed by atoms with van der Waals surface area (Å²) in [5.74, 6) is -0.176. The lowest BCUT2D eigenvalue weighted by Gasteiger charge is -2.36. The molecule has 1 atom stereocenters. The molecule has 0 spiro atoms. The van der Waals surface area contributed by atoms with Crippen molar-refractivity contribution in [1.29, 1.82) is 0 Å². The van der Waals surface area contributed by atoms with Crippen LogP contribution in [0, 0.1) is 0 Å². The molecule has 1 heterocycles. The SMILES string of the molecule is CCOC(=O)C1(Cc2ccc(Br)cc2)CCCNN1. The molecule has 1 saturated heterocycles. The largest absolute Gasteiger partial charge is 0.465 e. The Morgan fingerprint density at radius 2 is 2.16 bits per heavy atom. The number of carbonyl (C=O) groups is 1. The molecule has 0 amide bonds. The Balaban J connectivity index is 2.17. The van der Waals surface area contributed by atoms with Gasteiger partial charge in [0.2, 0.25) is 0 Å². The van der Waals surface area contributed by atoms with Gasteiger partial charge in [0.05, 0.1) is 6.61 Å². The number of hydrogen-bond donors (Lipinski definition) is 2. The first kappa shape index (κ1) is 14.5. The summed E-state index contributed by atoms with van der Waals surface area (Å²) in [6.45, 7) is 3.12. The molecular formula is C14H19BrN2O2. The maximum absolute atomic E-state index is 12.3. The quantitative estimate of drug-likeness (QED) is 0.833. The smallest absolute Gasteiger partial charge is 0.327 e. The molecule has 0 aromatic heterocycles. The van der Waals surface area contributed by atoms with Crippen molar-refractivity contribution in [2.75, 3.05) is 13.2 Å². The number of rotatable bonds is 4. The zero-order valence-corrected chi connectivity index (χ0v) is 12.6. The Morgan fingerprint density at radius 3 is 2.74 bits per heavy atom. The molecule has 5 heteroatoms. The van der Waals surface area contributed by atoms with Gasteiger partial charge in [0.15, 0.2) is 0 Å². The summed E-state index contributed by atoms with van der Waals surface area (Å²) in [6.07, 6.45) is 2.38. The summed E-state index contributed by atoms with van der Waals surface area (Å²) in [7, 11) is 0. The summed E-state index contributed by atoms with van der Waals surface area (Å²) >= 11 is 3.42. The lowest BCUT2D eigenvalue weighted by atomic mass is 9.86. The minimum atomic E-state index is -0.651. The van der Waals surface area contributed by atoms with Crippen LogP contribution in [0.15, 0.2) is 28.7 Å². The highest BCUT2D eigenvalue weighted by molar-refractivity contribution is 9.10. The van der Waals surface area contributed by atoms with Crippen LogP contribution in [0.2, 0.25) is 0 Å². The lowest BCUT2D eigenvalue weighted by molar-refractivity contribution is -0.153. The summed E-state index contributed by atoms with van der Waals surface area (Å²) < 4.78 is 6.27. The number of nitrogens with one attached hydrogen (secondary N) is 2. The van der Waals surface area contributed by atoms with E-state index >= 15 is 0 Å². The van der Waals surface area contributed by atoms with E-state index in [1.54, 1.807) is 0 Å². The first-order chi connectivity index (χ1) is 9.16. The van der Waals surface area contributed by atoms with E-state index in [9.17, 15) is 4.79 Å². The van der Waals surface area contributed by atoms with Crippen LogP contribution in [-0.4, -0.2) is 24.7 Å². The van der Waals surface area contributed by atoms with Crippen LogP contribution in [0.5, 0.6) is 0 Å². The molecule has 0 radical (unpaired) electrons. The number of halogens is 1. The van der Waals surface area contributed by atoms with Crippen LogP contribution in [0.3, 0.4) is 0 Å². The maximum Gasteiger partial charge on any atom is 0.327 e. The molecule has 19 heavy (non-hydrogen) atoms. The molecule has 1 aliphatic heterocycles. The average Bonchev–Trinajstić information content (AvgIpc) is 2.43. The number of ether oxygens (including phenoxy) is 1. The zero-order chi connectivity index (χ0) is 13.7. The van der Waals surface area contributed by atoms with Crippen molar-refractivity contribution in [1.82, 2.24) is 10.9 Å². The van der Waals surface area contributed by atoms with E-state index in [0.717, 1.165) is 29.4 Å². The molecule has 1 aliphatic rings. The van der Waals surface area contributed by atoms with Gasteiger partial charge in [0, 0.05) is 17.4 Å². The van der Waals surface area contributed by atoms with Gasteiger partial charge in [-0.3, -0.25) is 5.43 Å². The molecule has 0 saturated carbocycles. The molecule has 4 nitrogen and oxygen atoms in total. The number of benzene rings is 1. The number of hydrogen-bond acceptors (Lipinski definition) is 4. The third-order valence-electron chi connectivity index (χ3n) is 3.32. The Bertz CT molecular complexity index is 428. The first-order valence-electron chi connectivity index (χ1n) is 6.58. The van der Waals surface area contributed by atoms with Crippen molar-refractivity contribution in [3.63, 3.8) is 0 Å². The fourth-order valence-corrected chi connectivity index (χ4v) is 2.61. The highest BCUT2D eigenvalue weighted by atomic mass is 79.9. The Hall–Kier alpha value is -0.910. The summed E-state index contributed by atoms with van der Waals surface area (Å²) in [5.41, 5.74) is 6.70. The third kappa shape index (κ3) is 3.55. The molecular weight excluding hydrogens is 308 g/mol. The molecule has 1 fully saturated rings. The second-order valence-corrected chi connectivity index (χ2v) is 5.68. The van der Waals surface area contributed by atoms with E-state index in [1.165, 1.54) is 0 Å². The van der Waals surface area contributed by atoms with E-state index in [4.69, 9.17) is 4.74 Å². The average molecular weight is 327 g/mol. The van der Waals surface area contributed by atoms with Crippen molar-refractivity contribution in [3.05, 3.63) is 34.3 Å². The standard InChI is InChI=1S/C14H19BrN2O2/c1-2-19-13(18)14(8-3-9-16-17-14)10-11-4-6-12(15)7-5-11/h4-7,16-17H,2-3,8-10H2,1H3. The Morgan fingerprint density at radius 1 is 1.42 bits per heavy atom. The highest BCUT2D eigenvalue weighted by Crippen LogP contribution is 2.24. The Kier molecular flexibility index (Phi) is 4.96. The maximum atomic E-state index is 12.3. The van der Waals surface area contributed by atoms with Gasteiger partial charge in [-0.25, -0.2) is 10.2 Å². The fourth-order valence-electron chi connectivity index (χ4n) is 2.35. The second-order valence-electron chi connectivity index (χ2n) is 4.76. The predicted molar refractivity (Wildman–Crippen MR) is 77.6 cm³/mol. The van der Waals surface area contributed by atoms with Gasteiger partial charge in [-0.1, -0.05) is 28.1 Å². The number of carbonyl (C=O) groups excluding carboxylic acids is 1. The van der Waals surface area contributed by atoms with Crippen LogP contribution in [0.25, 0.3) is 0 Å². The van der Waals surface area contributed by atoms with Crippen molar-refractivity contribution in [3.8, 4) is 0 Å². The van der Waals surface area contributed by atoms with Crippen molar-refractivity contribution < 1.29 is 9.53 Å². The van der Waals surface area contributed by atoms with Crippen molar-refractivity contribution >= 4 is 21.9 Å². The molecule has 2 N–H and O–H groups in total. The lowest BCUT2D eigenvalue weighted by Crippen LogP contribution is -2.62. The number of hydrazine groups is 1. The molecule has 0 aliphatic carbocycles. The molecule has 2 rings (SSSR count). The normalized spacial score (nSPS) is 23.1. The van der Waals surface area contributed by atoms with E-state index < -0.39 is 5.54 Å². The minimum Gasteiger partial charge on any atom is -0.465 e. The molecule has 1 aromatic rings. The monoisotopic (exact) mass is 326 g/mol. The van der Waals surface area contributed by atoms with Gasteiger partial charge < -0.3 is 4.74 Å². The van der Waals surface area contributed by atoms with Gasteiger partial charge in [0.25, 0.3) is 0 Å². The van der Waals surface area contributed by atoms with Crippen LogP contribution < -0.4 is 10.9 Å². The van der Waals surface area contributed by atoms with E-state index in [1.807, 2.05) is 31.2 Å². The van der Waals surface area contributed by atoms with E-state index in [-0.39, 0.29) is 5.97 Å².